The fraction of sp³-hybridized carbons (Fsp3) is 0.250. The molecule has 11 heavy (non-hydrogen) atoms. The van der Waals surface area contributed by atoms with Crippen LogP contribution in [0.5, 0.6) is 0 Å². The molecule has 0 saturated heterocycles. The van der Waals surface area contributed by atoms with Crippen molar-refractivity contribution >= 4 is 0 Å². The minimum atomic E-state index is -0.518. The Morgan fingerprint density at radius 3 is 2.18 bits per heavy atom. The van der Waals surface area contributed by atoms with E-state index in [-0.39, 0.29) is 18.5 Å². The topological polar surface area (TPSA) is 26.0 Å². The van der Waals surface area contributed by atoms with Crippen molar-refractivity contribution in [3.05, 3.63) is 35.4 Å². The van der Waals surface area contributed by atoms with Crippen molar-refractivity contribution in [1.82, 2.24) is 0 Å². The lowest BCUT2D eigenvalue weighted by Crippen LogP contribution is -2.06. The number of benzene rings is 1. The Bertz CT molecular complexity index is 228. The summed E-state index contributed by atoms with van der Waals surface area (Å²) in [6.45, 7) is 0.262. The molecule has 0 amide bonds. The molecule has 0 aliphatic carbocycles. The van der Waals surface area contributed by atoms with Gasteiger partial charge in [-0.15, -0.1) is 0 Å². The third kappa shape index (κ3) is 1.74. The molecule has 1 rings (SSSR count). The van der Waals surface area contributed by atoms with Gasteiger partial charge in [-0.05, 0) is 25.1 Å². The Kier molecular flexibility index (Phi) is 2.54. The first-order valence-electron chi connectivity index (χ1n) is 3.38. The quantitative estimate of drug-likeness (QED) is 0.691. The molecule has 0 saturated carbocycles. The Labute approximate surface area is 63.8 Å². The summed E-state index contributed by atoms with van der Waals surface area (Å²) in [6.07, 6.45) is 0.249. The predicted octanol–water partition coefficient (Wildman–Crippen LogP) is 1.47. The highest BCUT2D eigenvalue weighted by molar-refractivity contribution is 5.19. The molecule has 0 atom stereocenters. The van der Waals surface area contributed by atoms with Gasteiger partial charge in [-0.3, -0.25) is 0 Å². The van der Waals surface area contributed by atoms with E-state index in [0.29, 0.717) is 0 Å². The normalized spacial score (nSPS) is 10.1. The molecule has 1 aromatic rings. The van der Waals surface area contributed by atoms with E-state index in [2.05, 4.69) is 0 Å². The van der Waals surface area contributed by atoms with Crippen molar-refractivity contribution in [2.24, 2.45) is 5.73 Å². The fourth-order valence-electron chi connectivity index (χ4n) is 0.916. The predicted molar refractivity (Wildman–Crippen MR) is 39.1 cm³/mol. The molecule has 1 nitrogen and oxygen atoms in total. The smallest absolute Gasteiger partial charge is 0.129 e. The van der Waals surface area contributed by atoms with Crippen LogP contribution in [0.4, 0.5) is 8.78 Å². The molecule has 0 radical (unpaired) electrons. The zero-order valence-corrected chi connectivity index (χ0v) is 5.98. The molecule has 2 N–H and O–H groups in total. The van der Waals surface area contributed by atoms with Gasteiger partial charge in [-0.1, -0.05) is 6.07 Å². The van der Waals surface area contributed by atoms with Gasteiger partial charge in [-0.2, -0.15) is 0 Å². The van der Waals surface area contributed by atoms with Crippen molar-refractivity contribution in [1.29, 1.82) is 0 Å². The Morgan fingerprint density at radius 2 is 1.73 bits per heavy atom. The number of nitrogens with two attached hydrogens (primary N) is 1. The summed E-state index contributed by atoms with van der Waals surface area (Å²) in [5.74, 6) is -1.04. The number of hydrogen-bond acceptors (Lipinski definition) is 1. The molecular formula is C8H9F2N. The molecular weight excluding hydrogens is 148 g/mol. The summed E-state index contributed by atoms with van der Waals surface area (Å²) >= 11 is 0. The van der Waals surface area contributed by atoms with Gasteiger partial charge in [-0.25, -0.2) is 8.78 Å². The second-order valence-electron chi connectivity index (χ2n) is 2.24. The van der Waals surface area contributed by atoms with Crippen LogP contribution in [0.1, 0.15) is 5.56 Å². The van der Waals surface area contributed by atoms with Crippen LogP contribution < -0.4 is 5.73 Å². The third-order valence-corrected chi connectivity index (χ3v) is 1.46. The molecule has 0 bridgehead atoms. The molecule has 0 spiro atoms. The van der Waals surface area contributed by atoms with E-state index < -0.39 is 11.6 Å². The summed E-state index contributed by atoms with van der Waals surface area (Å²) < 4.78 is 25.5. The van der Waals surface area contributed by atoms with Crippen LogP contribution in [-0.4, -0.2) is 6.54 Å². The minimum Gasteiger partial charge on any atom is -0.330 e. The van der Waals surface area contributed by atoms with E-state index in [0.717, 1.165) is 0 Å². The molecule has 0 aliphatic rings. The van der Waals surface area contributed by atoms with Crippen LogP contribution in [0, 0.1) is 11.6 Å². The molecule has 0 heterocycles. The average molecular weight is 157 g/mol. The van der Waals surface area contributed by atoms with E-state index >= 15 is 0 Å². The second-order valence-corrected chi connectivity index (χ2v) is 2.24. The standard InChI is InChI=1S/C8H9F2N/c9-7-2-1-3-8(10)6(7)4-5-11/h1-3H,4-5,11H2. The van der Waals surface area contributed by atoms with Gasteiger partial charge in [0.15, 0.2) is 0 Å². The lowest BCUT2D eigenvalue weighted by molar-refractivity contribution is 0.556. The summed E-state index contributed by atoms with van der Waals surface area (Å²) in [4.78, 5) is 0. The third-order valence-electron chi connectivity index (χ3n) is 1.46. The van der Waals surface area contributed by atoms with Crippen molar-refractivity contribution in [3.8, 4) is 0 Å². The highest BCUT2D eigenvalue weighted by atomic mass is 19.1. The highest BCUT2D eigenvalue weighted by Gasteiger charge is 2.05. The van der Waals surface area contributed by atoms with Gasteiger partial charge in [0, 0.05) is 5.56 Å². The molecule has 1 aromatic carbocycles. The fourth-order valence-corrected chi connectivity index (χ4v) is 0.916. The first-order chi connectivity index (χ1) is 5.25. The van der Waals surface area contributed by atoms with E-state index in [1.54, 1.807) is 0 Å². The van der Waals surface area contributed by atoms with Gasteiger partial charge >= 0.3 is 0 Å². The summed E-state index contributed by atoms with van der Waals surface area (Å²) in [6, 6.07) is 3.80. The zero-order chi connectivity index (χ0) is 8.27. The average Bonchev–Trinajstić information content (AvgIpc) is 1.97. The SMILES string of the molecule is NCCc1c(F)cccc1F. The first kappa shape index (κ1) is 8.14. The van der Waals surface area contributed by atoms with Crippen molar-refractivity contribution in [2.75, 3.05) is 6.54 Å². The summed E-state index contributed by atoms with van der Waals surface area (Å²) in [5.41, 5.74) is 5.24. The maximum absolute atomic E-state index is 12.7. The molecule has 60 valence electrons. The maximum Gasteiger partial charge on any atom is 0.129 e. The molecule has 0 aromatic heterocycles. The van der Waals surface area contributed by atoms with E-state index in [1.165, 1.54) is 18.2 Å². The zero-order valence-electron chi connectivity index (χ0n) is 5.98. The van der Waals surface area contributed by atoms with Crippen LogP contribution in [0.15, 0.2) is 18.2 Å². The minimum absolute atomic E-state index is 0.0787. The summed E-state index contributed by atoms with van der Waals surface area (Å²) in [7, 11) is 0. The monoisotopic (exact) mass is 157 g/mol. The summed E-state index contributed by atoms with van der Waals surface area (Å²) in [5, 5.41) is 0. The van der Waals surface area contributed by atoms with Gasteiger partial charge in [0.05, 0.1) is 0 Å². The Hall–Kier alpha value is -0.960. The second kappa shape index (κ2) is 3.44. The van der Waals surface area contributed by atoms with E-state index in [9.17, 15) is 8.78 Å². The number of halogens is 2. The molecule has 3 heteroatoms. The van der Waals surface area contributed by atoms with E-state index in [1.807, 2.05) is 0 Å². The Morgan fingerprint density at radius 1 is 1.18 bits per heavy atom. The van der Waals surface area contributed by atoms with Crippen LogP contribution in [0.25, 0.3) is 0 Å². The molecule has 0 unspecified atom stereocenters. The Balaban J connectivity index is 3.00. The molecule has 0 fully saturated rings. The van der Waals surface area contributed by atoms with Crippen molar-refractivity contribution in [3.63, 3.8) is 0 Å². The first-order valence-corrected chi connectivity index (χ1v) is 3.38. The van der Waals surface area contributed by atoms with Crippen LogP contribution in [-0.2, 0) is 6.42 Å². The highest BCUT2D eigenvalue weighted by Crippen LogP contribution is 2.11. The van der Waals surface area contributed by atoms with Gasteiger partial charge in [0.1, 0.15) is 11.6 Å². The number of rotatable bonds is 2. The van der Waals surface area contributed by atoms with E-state index in [4.69, 9.17) is 5.73 Å². The number of hydrogen-bond donors (Lipinski definition) is 1. The largest absolute Gasteiger partial charge is 0.330 e. The van der Waals surface area contributed by atoms with Gasteiger partial charge in [0.2, 0.25) is 0 Å². The lowest BCUT2D eigenvalue weighted by atomic mass is 10.1. The van der Waals surface area contributed by atoms with Crippen molar-refractivity contribution < 1.29 is 8.78 Å². The van der Waals surface area contributed by atoms with Crippen LogP contribution in [0.3, 0.4) is 0 Å². The lowest BCUT2D eigenvalue weighted by Gasteiger charge is -2.00. The van der Waals surface area contributed by atoms with Crippen LogP contribution >= 0.6 is 0 Å². The maximum atomic E-state index is 12.7. The van der Waals surface area contributed by atoms with Crippen molar-refractivity contribution in [2.45, 2.75) is 6.42 Å². The van der Waals surface area contributed by atoms with Gasteiger partial charge < -0.3 is 5.73 Å². The van der Waals surface area contributed by atoms with Crippen LogP contribution in [0.2, 0.25) is 0 Å². The molecule has 0 aliphatic heterocycles. The van der Waals surface area contributed by atoms with Gasteiger partial charge in [0.25, 0.3) is 0 Å².